The molecule has 5 nitrogen and oxygen atoms in total. The Balaban J connectivity index is 2.41. The van der Waals surface area contributed by atoms with Crippen molar-refractivity contribution in [3.8, 4) is 0 Å². The van der Waals surface area contributed by atoms with Crippen molar-refractivity contribution in [2.24, 2.45) is 0 Å². The Morgan fingerprint density at radius 3 is 2.42 bits per heavy atom. The molecule has 1 aromatic heterocycles. The number of thiophene rings is 1. The Morgan fingerprint density at radius 2 is 1.89 bits per heavy atom. The summed E-state index contributed by atoms with van der Waals surface area (Å²) in [6, 6.07) is 11.5. The Bertz CT molecular complexity index is 646. The molecule has 0 amide bonds. The fourth-order valence-electron chi connectivity index (χ4n) is 1.55. The topological polar surface area (TPSA) is 80.4 Å². The third kappa shape index (κ3) is 3.05. The number of rotatable bonds is 4. The van der Waals surface area contributed by atoms with E-state index in [4.69, 9.17) is 0 Å². The zero-order valence-electron chi connectivity index (χ0n) is 9.65. The smallest absolute Gasteiger partial charge is 0.336 e. The van der Waals surface area contributed by atoms with Gasteiger partial charge in [0.1, 0.15) is 0 Å². The van der Waals surface area contributed by atoms with E-state index in [0.717, 1.165) is 11.3 Å². The summed E-state index contributed by atoms with van der Waals surface area (Å²) < 4.78 is 0. The molecule has 0 bridgehead atoms. The van der Waals surface area contributed by atoms with E-state index >= 15 is 0 Å². The lowest BCUT2D eigenvalue weighted by Crippen LogP contribution is -1.98. The Kier molecular flexibility index (Phi) is 3.72. The predicted octanol–water partition coefficient (Wildman–Crippen LogP) is 3.28. The molecule has 1 N–H and O–H groups in total. The van der Waals surface area contributed by atoms with Crippen molar-refractivity contribution in [3.05, 3.63) is 63.0 Å². The molecule has 0 radical (unpaired) electrons. The average molecular weight is 275 g/mol. The minimum Gasteiger partial charge on any atom is -0.478 e. The maximum Gasteiger partial charge on any atom is 0.336 e. The SMILES string of the molecule is O=C(O)/C(=C/c1ccc([N+](=O)[O-])s1)c1ccccc1. The van der Waals surface area contributed by atoms with Gasteiger partial charge in [-0.2, -0.15) is 0 Å². The van der Waals surface area contributed by atoms with Gasteiger partial charge in [-0.05, 0) is 17.7 Å². The van der Waals surface area contributed by atoms with Crippen LogP contribution in [0.1, 0.15) is 10.4 Å². The average Bonchev–Trinajstić information content (AvgIpc) is 2.85. The van der Waals surface area contributed by atoms with E-state index in [2.05, 4.69) is 0 Å². The van der Waals surface area contributed by atoms with Gasteiger partial charge in [0, 0.05) is 10.9 Å². The summed E-state index contributed by atoms with van der Waals surface area (Å²) in [7, 11) is 0. The summed E-state index contributed by atoms with van der Waals surface area (Å²) in [5, 5.41) is 19.8. The first-order valence-electron chi connectivity index (χ1n) is 5.32. The molecule has 0 saturated carbocycles. The maximum atomic E-state index is 11.2. The number of hydrogen-bond donors (Lipinski definition) is 1. The van der Waals surface area contributed by atoms with Crippen molar-refractivity contribution in [1.82, 2.24) is 0 Å². The molecule has 0 aliphatic rings. The lowest BCUT2D eigenvalue weighted by atomic mass is 10.1. The third-order valence-electron chi connectivity index (χ3n) is 2.39. The van der Waals surface area contributed by atoms with Crippen LogP contribution in [-0.2, 0) is 4.79 Å². The minimum absolute atomic E-state index is 0.0101. The molecule has 0 aliphatic carbocycles. The molecule has 6 heteroatoms. The van der Waals surface area contributed by atoms with Crippen molar-refractivity contribution < 1.29 is 14.8 Å². The number of carboxylic acids is 1. The summed E-state index contributed by atoms with van der Waals surface area (Å²) in [6.07, 6.45) is 1.44. The molecule has 96 valence electrons. The standard InChI is InChI=1S/C13H9NO4S/c15-13(16)11(9-4-2-1-3-5-9)8-10-6-7-12(19-10)14(17)18/h1-8H,(H,15,16)/b11-8+. The number of carbonyl (C=O) groups is 1. The molecule has 19 heavy (non-hydrogen) atoms. The molecular formula is C13H9NO4S. The molecule has 1 aromatic carbocycles. The van der Waals surface area contributed by atoms with E-state index < -0.39 is 10.9 Å². The molecule has 1 heterocycles. The van der Waals surface area contributed by atoms with Gasteiger partial charge in [-0.3, -0.25) is 10.1 Å². The molecule has 0 saturated heterocycles. The first kappa shape index (κ1) is 13.0. The summed E-state index contributed by atoms with van der Waals surface area (Å²) in [5.41, 5.74) is 0.670. The second-order valence-corrected chi connectivity index (χ2v) is 4.76. The van der Waals surface area contributed by atoms with Crippen molar-refractivity contribution in [3.63, 3.8) is 0 Å². The van der Waals surface area contributed by atoms with Crippen LogP contribution in [0.4, 0.5) is 5.00 Å². The van der Waals surface area contributed by atoms with Gasteiger partial charge in [-0.15, -0.1) is 0 Å². The van der Waals surface area contributed by atoms with Gasteiger partial charge >= 0.3 is 11.0 Å². The van der Waals surface area contributed by atoms with Gasteiger partial charge < -0.3 is 5.11 Å². The van der Waals surface area contributed by atoms with Crippen LogP contribution in [-0.4, -0.2) is 16.0 Å². The highest BCUT2D eigenvalue weighted by Gasteiger charge is 2.13. The van der Waals surface area contributed by atoms with Gasteiger partial charge in [0.25, 0.3) is 0 Å². The number of benzene rings is 1. The molecule has 0 spiro atoms. The van der Waals surface area contributed by atoms with Crippen LogP contribution in [0, 0.1) is 10.1 Å². The van der Waals surface area contributed by atoms with Gasteiger partial charge in [-0.1, -0.05) is 41.7 Å². The van der Waals surface area contributed by atoms with Crippen LogP contribution in [0.3, 0.4) is 0 Å². The second kappa shape index (κ2) is 5.45. The zero-order chi connectivity index (χ0) is 13.8. The molecule has 2 aromatic rings. The summed E-state index contributed by atoms with van der Waals surface area (Å²) in [5.74, 6) is -1.07. The lowest BCUT2D eigenvalue weighted by molar-refractivity contribution is -0.380. The fourth-order valence-corrected chi connectivity index (χ4v) is 2.31. The Hall–Kier alpha value is -2.47. The summed E-state index contributed by atoms with van der Waals surface area (Å²) in [4.78, 5) is 21.9. The fraction of sp³-hybridized carbons (Fsp3) is 0. The van der Waals surface area contributed by atoms with Crippen molar-refractivity contribution in [2.75, 3.05) is 0 Å². The molecule has 0 fully saturated rings. The highest BCUT2D eigenvalue weighted by molar-refractivity contribution is 7.16. The zero-order valence-corrected chi connectivity index (χ0v) is 10.5. The van der Waals surface area contributed by atoms with E-state index in [1.165, 1.54) is 18.2 Å². The second-order valence-electron chi connectivity index (χ2n) is 3.66. The van der Waals surface area contributed by atoms with E-state index in [1.807, 2.05) is 0 Å². The Labute approximate surface area is 112 Å². The monoisotopic (exact) mass is 275 g/mol. The van der Waals surface area contributed by atoms with E-state index in [-0.39, 0.29) is 10.6 Å². The minimum atomic E-state index is -1.07. The lowest BCUT2D eigenvalue weighted by Gasteiger charge is -2.01. The highest BCUT2D eigenvalue weighted by Crippen LogP contribution is 2.28. The molecule has 0 atom stereocenters. The summed E-state index contributed by atoms with van der Waals surface area (Å²) in [6.45, 7) is 0. The first-order chi connectivity index (χ1) is 9.08. The van der Waals surface area contributed by atoms with Gasteiger partial charge in [0.05, 0.1) is 10.5 Å². The molecule has 2 rings (SSSR count). The van der Waals surface area contributed by atoms with E-state index in [1.54, 1.807) is 30.3 Å². The van der Waals surface area contributed by atoms with E-state index in [9.17, 15) is 20.0 Å². The number of aliphatic carboxylic acids is 1. The number of nitrogens with zero attached hydrogens (tertiary/aromatic N) is 1. The molecular weight excluding hydrogens is 266 g/mol. The molecule has 0 unspecified atom stereocenters. The van der Waals surface area contributed by atoms with Gasteiger partial charge in [0.2, 0.25) is 0 Å². The van der Waals surface area contributed by atoms with Gasteiger partial charge in [0.15, 0.2) is 0 Å². The van der Waals surface area contributed by atoms with Crippen molar-refractivity contribution in [2.45, 2.75) is 0 Å². The maximum absolute atomic E-state index is 11.2. The van der Waals surface area contributed by atoms with Crippen LogP contribution >= 0.6 is 11.3 Å². The predicted molar refractivity (Wildman–Crippen MR) is 72.9 cm³/mol. The highest BCUT2D eigenvalue weighted by atomic mass is 32.1. The number of carboxylic acid groups (broad SMARTS) is 1. The number of hydrogen-bond acceptors (Lipinski definition) is 4. The molecule has 0 aliphatic heterocycles. The van der Waals surface area contributed by atoms with Crippen molar-refractivity contribution in [1.29, 1.82) is 0 Å². The van der Waals surface area contributed by atoms with Crippen molar-refractivity contribution >= 4 is 34.0 Å². The first-order valence-corrected chi connectivity index (χ1v) is 6.14. The Morgan fingerprint density at radius 1 is 1.21 bits per heavy atom. The van der Waals surface area contributed by atoms with Crippen LogP contribution < -0.4 is 0 Å². The third-order valence-corrected chi connectivity index (χ3v) is 3.38. The van der Waals surface area contributed by atoms with Crippen LogP contribution in [0.2, 0.25) is 0 Å². The van der Waals surface area contributed by atoms with Crippen LogP contribution in [0.5, 0.6) is 0 Å². The largest absolute Gasteiger partial charge is 0.478 e. The van der Waals surface area contributed by atoms with Crippen LogP contribution in [0.15, 0.2) is 42.5 Å². The summed E-state index contributed by atoms with van der Waals surface area (Å²) >= 11 is 0.943. The number of nitro groups is 1. The normalized spacial score (nSPS) is 11.3. The quantitative estimate of drug-likeness (QED) is 0.527. The van der Waals surface area contributed by atoms with E-state index in [0.29, 0.717) is 10.4 Å². The van der Waals surface area contributed by atoms with Crippen LogP contribution in [0.25, 0.3) is 11.6 Å². The van der Waals surface area contributed by atoms with Gasteiger partial charge in [-0.25, -0.2) is 4.79 Å².